The molecule has 0 bridgehead atoms. The zero-order chi connectivity index (χ0) is 8.39. The van der Waals surface area contributed by atoms with Crippen LogP contribution in [0.4, 0.5) is 0 Å². The van der Waals surface area contributed by atoms with Crippen LogP contribution in [-0.4, -0.2) is 0 Å². The van der Waals surface area contributed by atoms with Crippen molar-refractivity contribution in [3.8, 4) is 11.3 Å². The predicted molar refractivity (Wildman–Crippen MR) is 49.9 cm³/mol. The number of nitrogens with two attached hydrogens (primary N) is 1. The molecule has 0 aromatic carbocycles. The summed E-state index contributed by atoms with van der Waals surface area (Å²) in [7, 11) is 0. The standard InChI is InChI=1S/C9H9NOS/c10-6-9-7(3-5-12-9)8-2-1-4-11-8/h1-5H,6,10H2. The van der Waals surface area contributed by atoms with Crippen molar-refractivity contribution in [1.82, 2.24) is 0 Å². The molecule has 62 valence electrons. The lowest BCUT2D eigenvalue weighted by molar-refractivity contribution is 0.582. The summed E-state index contributed by atoms with van der Waals surface area (Å²) in [6.07, 6.45) is 1.67. The molecule has 0 atom stereocenters. The molecule has 3 heteroatoms. The summed E-state index contributed by atoms with van der Waals surface area (Å²) in [5, 5.41) is 2.03. The highest BCUT2D eigenvalue weighted by Crippen LogP contribution is 2.27. The maximum atomic E-state index is 5.57. The fourth-order valence-electron chi connectivity index (χ4n) is 1.15. The summed E-state index contributed by atoms with van der Waals surface area (Å²) < 4.78 is 5.27. The average Bonchev–Trinajstić information content (AvgIpc) is 2.74. The van der Waals surface area contributed by atoms with E-state index in [0.29, 0.717) is 6.54 Å². The van der Waals surface area contributed by atoms with Crippen LogP contribution in [0.3, 0.4) is 0 Å². The Morgan fingerprint density at radius 2 is 2.33 bits per heavy atom. The largest absolute Gasteiger partial charge is 0.464 e. The monoisotopic (exact) mass is 179 g/mol. The quantitative estimate of drug-likeness (QED) is 0.769. The van der Waals surface area contributed by atoms with Crippen molar-refractivity contribution in [1.29, 1.82) is 0 Å². The van der Waals surface area contributed by atoms with Gasteiger partial charge in [0, 0.05) is 17.0 Å². The van der Waals surface area contributed by atoms with Gasteiger partial charge < -0.3 is 10.2 Å². The van der Waals surface area contributed by atoms with Crippen molar-refractivity contribution < 1.29 is 4.42 Å². The van der Waals surface area contributed by atoms with Gasteiger partial charge >= 0.3 is 0 Å². The van der Waals surface area contributed by atoms with Gasteiger partial charge in [0.25, 0.3) is 0 Å². The smallest absolute Gasteiger partial charge is 0.135 e. The van der Waals surface area contributed by atoms with Gasteiger partial charge in [0.15, 0.2) is 0 Å². The van der Waals surface area contributed by atoms with E-state index in [1.165, 1.54) is 4.88 Å². The van der Waals surface area contributed by atoms with E-state index in [4.69, 9.17) is 10.2 Å². The molecule has 2 N–H and O–H groups in total. The van der Waals surface area contributed by atoms with Crippen molar-refractivity contribution in [2.45, 2.75) is 6.54 Å². The molecule has 2 rings (SSSR count). The molecule has 0 fully saturated rings. The minimum absolute atomic E-state index is 0.577. The van der Waals surface area contributed by atoms with Gasteiger partial charge in [-0.25, -0.2) is 0 Å². The van der Waals surface area contributed by atoms with Crippen molar-refractivity contribution in [3.63, 3.8) is 0 Å². The Bertz CT molecular complexity index is 350. The molecule has 0 aliphatic rings. The van der Waals surface area contributed by atoms with Gasteiger partial charge in [-0.2, -0.15) is 0 Å². The number of rotatable bonds is 2. The topological polar surface area (TPSA) is 39.2 Å². The van der Waals surface area contributed by atoms with E-state index in [0.717, 1.165) is 11.3 Å². The van der Waals surface area contributed by atoms with Crippen molar-refractivity contribution in [3.05, 3.63) is 34.7 Å². The first-order valence-electron chi connectivity index (χ1n) is 3.72. The van der Waals surface area contributed by atoms with Crippen LogP contribution in [0, 0.1) is 0 Å². The first-order valence-corrected chi connectivity index (χ1v) is 4.60. The molecule has 0 spiro atoms. The minimum atomic E-state index is 0.577. The molecule has 12 heavy (non-hydrogen) atoms. The molecule has 2 heterocycles. The molecule has 0 saturated carbocycles. The van der Waals surface area contributed by atoms with Gasteiger partial charge in [-0.05, 0) is 23.6 Å². The summed E-state index contributed by atoms with van der Waals surface area (Å²) >= 11 is 1.66. The summed E-state index contributed by atoms with van der Waals surface area (Å²) in [6, 6.07) is 5.86. The molecular weight excluding hydrogens is 170 g/mol. The van der Waals surface area contributed by atoms with E-state index < -0.39 is 0 Å². The second-order valence-electron chi connectivity index (χ2n) is 2.44. The van der Waals surface area contributed by atoms with Crippen LogP contribution >= 0.6 is 11.3 Å². The maximum Gasteiger partial charge on any atom is 0.135 e. The normalized spacial score (nSPS) is 10.4. The molecule has 0 amide bonds. The number of hydrogen-bond acceptors (Lipinski definition) is 3. The average molecular weight is 179 g/mol. The molecular formula is C9H9NOS. The van der Waals surface area contributed by atoms with Crippen LogP contribution in [0.1, 0.15) is 4.88 Å². The van der Waals surface area contributed by atoms with E-state index >= 15 is 0 Å². The molecule has 0 radical (unpaired) electrons. The minimum Gasteiger partial charge on any atom is -0.464 e. The van der Waals surface area contributed by atoms with E-state index in [-0.39, 0.29) is 0 Å². The first-order chi connectivity index (χ1) is 5.92. The summed E-state index contributed by atoms with van der Waals surface area (Å²) in [5.41, 5.74) is 6.69. The highest BCUT2D eigenvalue weighted by atomic mass is 32.1. The lowest BCUT2D eigenvalue weighted by atomic mass is 10.2. The third kappa shape index (κ3) is 1.17. The van der Waals surface area contributed by atoms with Gasteiger partial charge in [0.1, 0.15) is 5.76 Å². The summed E-state index contributed by atoms with van der Waals surface area (Å²) in [6.45, 7) is 0.577. The Morgan fingerprint density at radius 1 is 1.42 bits per heavy atom. The van der Waals surface area contributed by atoms with E-state index in [1.54, 1.807) is 17.6 Å². The van der Waals surface area contributed by atoms with Gasteiger partial charge in [-0.1, -0.05) is 0 Å². The SMILES string of the molecule is NCc1sccc1-c1ccco1. The molecule has 2 nitrogen and oxygen atoms in total. The highest BCUT2D eigenvalue weighted by Gasteiger charge is 2.06. The summed E-state index contributed by atoms with van der Waals surface area (Å²) in [5.74, 6) is 0.900. The second-order valence-corrected chi connectivity index (χ2v) is 3.44. The van der Waals surface area contributed by atoms with Crippen molar-refractivity contribution >= 4 is 11.3 Å². The fraction of sp³-hybridized carbons (Fsp3) is 0.111. The molecule has 0 saturated heterocycles. The zero-order valence-corrected chi connectivity index (χ0v) is 7.30. The van der Waals surface area contributed by atoms with Crippen LogP contribution in [-0.2, 0) is 6.54 Å². The Balaban J connectivity index is 2.46. The predicted octanol–water partition coefficient (Wildman–Crippen LogP) is 2.47. The Hall–Kier alpha value is -1.06. The van der Waals surface area contributed by atoms with Gasteiger partial charge in [0.05, 0.1) is 6.26 Å². The Kier molecular flexibility index (Phi) is 1.98. The number of thiophene rings is 1. The van der Waals surface area contributed by atoms with E-state index in [1.807, 2.05) is 23.6 Å². The highest BCUT2D eigenvalue weighted by molar-refractivity contribution is 7.10. The van der Waals surface area contributed by atoms with Gasteiger partial charge in [-0.3, -0.25) is 0 Å². The maximum absolute atomic E-state index is 5.57. The first kappa shape index (κ1) is 7.58. The van der Waals surface area contributed by atoms with Crippen LogP contribution in [0.5, 0.6) is 0 Å². The molecule has 2 aromatic heterocycles. The Labute approximate surface area is 74.6 Å². The van der Waals surface area contributed by atoms with Gasteiger partial charge in [0.2, 0.25) is 0 Å². The van der Waals surface area contributed by atoms with E-state index in [2.05, 4.69) is 0 Å². The summed E-state index contributed by atoms with van der Waals surface area (Å²) in [4.78, 5) is 1.17. The lowest BCUT2D eigenvalue weighted by Crippen LogP contribution is -1.93. The van der Waals surface area contributed by atoms with Crippen LogP contribution < -0.4 is 5.73 Å². The van der Waals surface area contributed by atoms with Crippen molar-refractivity contribution in [2.24, 2.45) is 5.73 Å². The zero-order valence-electron chi connectivity index (χ0n) is 6.49. The van der Waals surface area contributed by atoms with E-state index in [9.17, 15) is 0 Å². The van der Waals surface area contributed by atoms with Gasteiger partial charge in [-0.15, -0.1) is 11.3 Å². The number of furan rings is 1. The Morgan fingerprint density at radius 3 is 3.00 bits per heavy atom. The third-order valence-electron chi connectivity index (χ3n) is 1.72. The van der Waals surface area contributed by atoms with Crippen LogP contribution in [0.15, 0.2) is 34.3 Å². The third-order valence-corrected chi connectivity index (χ3v) is 2.66. The molecule has 0 aliphatic carbocycles. The lowest BCUT2D eigenvalue weighted by Gasteiger charge is -1.95. The van der Waals surface area contributed by atoms with Crippen LogP contribution in [0.25, 0.3) is 11.3 Å². The second kappa shape index (κ2) is 3.13. The number of hydrogen-bond donors (Lipinski definition) is 1. The molecule has 0 unspecified atom stereocenters. The van der Waals surface area contributed by atoms with Crippen LogP contribution in [0.2, 0.25) is 0 Å². The molecule has 2 aromatic rings. The van der Waals surface area contributed by atoms with Crippen molar-refractivity contribution in [2.75, 3.05) is 0 Å². The molecule has 0 aliphatic heterocycles. The fourth-order valence-corrected chi connectivity index (χ4v) is 1.91.